The van der Waals surface area contributed by atoms with Gasteiger partial charge in [0.1, 0.15) is 0 Å². The van der Waals surface area contributed by atoms with Gasteiger partial charge in [0.2, 0.25) is 0 Å². The average Bonchev–Trinajstić information content (AvgIpc) is 2.72. The van der Waals surface area contributed by atoms with Crippen molar-refractivity contribution < 1.29 is 24.2 Å². The van der Waals surface area contributed by atoms with Crippen LogP contribution in [-0.4, -0.2) is 43.8 Å². The Morgan fingerprint density at radius 2 is 1.93 bits per heavy atom. The number of nitrogens with one attached hydrogen (secondary N) is 2. The van der Waals surface area contributed by atoms with E-state index < -0.39 is 5.97 Å². The summed E-state index contributed by atoms with van der Waals surface area (Å²) in [4.78, 5) is 23.5. The molecule has 0 radical (unpaired) electrons. The minimum Gasteiger partial charge on any atom is -0.493 e. The molecule has 3 N–H and O–H groups in total. The van der Waals surface area contributed by atoms with Crippen molar-refractivity contribution in [3.63, 3.8) is 0 Å². The fourth-order valence-electron chi connectivity index (χ4n) is 2.45. The second-order valence-electron chi connectivity index (χ2n) is 5.74. The van der Waals surface area contributed by atoms with Gasteiger partial charge in [-0.05, 0) is 18.6 Å². The highest BCUT2D eigenvalue weighted by Gasteiger charge is 2.16. The largest absolute Gasteiger partial charge is 0.493 e. The number of methoxy groups -OCH3 is 1. The third-order valence-electron chi connectivity index (χ3n) is 3.82. The van der Waals surface area contributed by atoms with Crippen LogP contribution in [0.2, 0.25) is 0 Å². The quantitative estimate of drug-likeness (QED) is 0.432. The van der Waals surface area contributed by atoms with Gasteiger partial charge in [-0.2, -0.15) is 0 Å². The second kappa shape index (κ2) is 10.5. The van der Waals surface area contributed by atoms with Gasteiger partial charge in [0, 0.05) is 24.2 Å². The number of rotatable bonds is 10. The van der Waals surface area contributed by atoms with Crippen molar-refractivity contribution in [1.82, 2.24) is 5.32 Å². The molecule has 2 aromatic carbocycles. The fourth-order valence-corrected chi connectivity index (χ4v) is 2.45. The van der Waals surface area contributed by atoms with Gasteiger partial charge in [-0.1, -0.05) is 24.1 Å². The number of benzene rings is 2. The molecule has 0 saturated carbocycles. The summed E-state index contributed by atoms with van der Waals surface area (Å²) in [5.74, 6) is 1.82. The SMILES string of the molecule is C#CCNc1cc(OC)c(OCCCNC(=O)c2ccccc2)cc1C(=O)O. The Morgan fingerprint density at radius 1 is 1.18 bits per heavy atom. The van der Waals surface area contributed by atoms with Crippen molar-refractivity contribution in [3.8, 4) is 23.8 Å². The third-order valence-corrected chi connectivity index (χ3v) is 3.82. The number of carbonyl (C=O) groups excluding carboxylic acids is 1. The van der Waals surface area contributed by atoms with E-state index in [2.05, 4.69) is 16.6 Å². The van der Waals surface area contributed by atoms with Gasteiger partial charge >= 0.3 is 5.97 Å². The van der Waals surface area contributed by atoms with E-state index in [-0.39, 0.29) is 24.6 Å². The van der Waals surface area contributed by atoms with Gasteiger partial charge in [0.25, 0.3) is 5.91 Å². The Kier molecular flexibility index (Phi) is 7.73. The first-order valence-corrected chi connectivity index (χ1v) is 8.65. The van der Waals surface area contributed by atoms with Crippen LogP contribution in [-0.2, 0) is 0 Å². The number of carboxylic acids is 1. The lowest BCUT2D eigenvalue weighted by Gasteiger charge is -2.15. The lowest BCUT2D eigenvalue weighted by atomic mass is 10.1. The van der Waals surface area contributed by atoms with Crippen LogP contribution in [0, 0.1) is 12.3 Å². The number of carbonyl (C=O) groups is 2. The van der Waals surface area contributed by atoms with E-state index in [1.54, 1.807) is 24.3 Å². The fraction of sp³-hybridized carbons (Fsp3) is 0.238. The Morgan fingerprint density at radius 3 is 2.57 bits per heavy atom. The zero-order valence-electron chi connectivity index (χ0n) is 15.5. The predicted octanol–water partition coefficient (Wildman–Crippen LogP) is 2.64. The minimum absolute atomic E-state index is 0.0310. The number of ether oxygens (including phenoxy) is 2. The number of terminal acetylenes is 1. The summed E-state index contributed by atoms with van der Waals surface area (Å²) in [5.41, 5.74) is 0.972. The summed E-state index contributed by atoms with van der Waals surface area (Å²) in [6, 6.07) is 11.8. The summed E-state index contributed by atoms with van der Waals surface area (Å²) in [7, 11) is 1.47. The normalized spacial score (nSPS) is 9.86. The topological polar surface area (TPSA) is 96.9 Å². The number of hydrogen-bond donors (Lipinski definition) is 3. The lowest BCUT2D eigenvalue weighted by Crippen LogP contribution is -2.25. The maximum atomic E-state index is 12.0. The molecular formula is C21H22N2O5. The zero-order valence-corrected chi connectivity index (χ0v) is 15.5. The summed E-state index contributed by atoms with van der Waals surface area (Å²) in [6.07, 6.45) is 5.75. The molecule has 0 atom stereocenters. The van der Waals surface area contributed by atoms with Gasteiger partial charge in [-0.3, -0.25) is 4.79 Å². The molecule has 7 nitrogen and oxygen atoms in total. The highest BCUT2D eigenvalue weighted by Crippen LogP contribution is 2.33. The van der Waals surface area contributed by atoms with Gasteiger partial charge in [-0.15, -0.1) is 6.42 Å². The smallest absolute Gasteiger partial charge is 0.337 e. The van der Waals surface area contributed by atoms with Crippen molar-refractivity contribution in [2.45, 2.75) is 6.42 Å². The Bertz CT molecular complexity index is 859. The Hall–Kier alpha value is -3.66. The Labute approximate surface area is 163 Å². The highest BCUT2D eigenvalue weighted by molar-refractivity contribution is 5.95. The molecule has 146 valence electrons. The monoisotopic (exact) mass is 382 g/mol. The van der Waals surface area contributed by atoms with Gasteiger partial charge in [-0.25, -0.2) is 4.79 Å². The van der Waals surface area contributed by atoms with E-state index >= 15 is 0 Å². The number of amides is 1. The molecule has 2 aromatic rings. The molecule has 0 spiro atoms. The first kappa shape index (κ1) is 20.6. The number of anilines is 1. The summed E-state index contributed by atoms with van der Waals surface area (Å²) in [5, 5.41) is 15.0. The van der Waals surface area contributed by atoms with E-state index in [1.807, 2.05) is 6.07 Å². The molecule has 0 unspecified atom stereocenters. The number of hydrogen-bond acceptors (Lipinski definition) is 5. The second-order valence-corrected chi connectivity index (χ2v) is 5.74. The molecule has 0 saturated heterocycles. The van der Waals surface area contributed by atoms with Crippen LogP contribution in [0.25, 0.3) is 0 Å². The molecule has 28 heavy (non-hydrogen) atoms. The third kappa shape index (κ3) is 5.68. The Balaban J connectivity index is 1.94. The first-order valence-electron chi connectivity index (χ1n) is 8.65. The summed E-state index contributed by atoms with van der Waals surface area (Å²) in [6.45, 7) is 0.885. The van der Waals surface area contributed by atoms with Gasteiger partial charge < -0.3 is 25.2 Å². The molecule has 0 aliphatic heterocycles. The molecule has 7 heteroatoms. The van der Waals surface area contributed by atoms with Crippen LogP contribution in [0.5, 0.6) is 11.5 Å². The predicted molar refractivity (Wildman–Crippen MR) is 106 cm³/mol. The van der Waals surface area contributed by atoms with Gasteiger partial charge in [0.05, 0.1) is 31.5 Å². The molecule has 0 fully saturated rings. The van der Waals surface area contributed by atoms with Crippen LogP contribution in [0.1, 0.15) is 27.1 Å². The summed E-state index contributed by atoms with van der Waals surface area (Å²) < 4.78 is 10.9. The molecular weight excluding hydrogens is 360 g/mol. The van der Waals surface area contributed by atoms with E-state index in [1.165, 1.54) is 19.2 Å². The van der Waals surface area contributed by atoms with E-state index in [9.17, 15) is 14.7 Å². The van der Waals surface area contributed by atoms with Gasteiger partial charge in [0.15, 0.2) is 11.5 Å². The molecule has 0 aromatic heterocycles. The zero-order chi connectivity index (χ0) is 20.4. The van der Waals surface area contributed by atoms with E-state index in [4.69, 9.17) is 15.9 Å². The van der Waals surface area contributed by atoms with E-state index in [0.29, 0.717) is 35.7 Å². The van der Waals surface area contributed by atoms with Crippen molar-refractivity contribution >= 4 is 17.6 Å². The van der Waals surface area contributed by atoms with Crippen LogP contribution < -0.4 is 20.1 Å². The average molecular weight is 382 g/mol. The molecule has 0 aliphatic rings. The highest BCUT2D eigenvalue weighted by atomic mass is 16.5. The van der Waals surface area contributed by atoms with Crippen molar-refractivity contribution in [2.75, 3.05) is 32.1 Å². The molecule has 2 rings (SSSR count). The van der Waals surface area contributed by atoms with E-state index in [0.717, 1.165) is 0 Å². The number of aromatic carboxylic acids is 1. The molecule has 0 aliphatic carbocycles. The first-order chi connectivity index (χ1) is 13.6. The lowest BCUT2D eigenvalue weighted by molar-refractivity contribution is 0.0697. The molecule has 0 heterocycles. The van der Waals surface area contributed by atoms with Crippen molar-refractivity contribution in [1.29, 1.82) is 0 Å². The van der Waals surface area contributed by atoms with Crippen LogP contribution in [0.4, 0.5) is 5.69 Å². The standard InChI is InChI=1S/C21H22N2O5/c1-3-10-22-17-14-18(27-2)19(13-16(17)21(25)26)28-12-7-11-23-20(24)15-8-5-4-6-9-15/h1,4-6,8-9,13-14,22H,7,10-12H2,2H3,(H,23,24)(H,25,26). The maximum absolute atomic E-state index is 12.0. The van der Waals surface area contributed by atoms with Crippen LogP contribution in [0.3, 0.4) is 0 Å². The van der Waals surface area contributed by atoms with Crippen molar-refractivity contribution in [2.24, 2.45) is 0 Å². The summed E-state index contributed by atoms with van der Waals surface area (Å²) >= 11 is 0. The van der Waals surface area contributed by atoms with Crippen molar-refractivity contribution in [3.05, 3.63) is 53.6 Å². The van der Waals surface area contributed by atoms with Crippen LogP contribution in [0.15, 0.2) is 42.5 Å². The minimum atomic E-state index is -1.11. The maximum Gasteiger partial charge on any atom is 0.337 e. The molecule has 1 amide bonds. The molecule has 0 bridgehead atoms. The number of carboxylic acid groups (broad SMARTS) is 1. The van der Waals surface area contributed by atoms with Crippen LogP contribution >= 0.6 is 0 Å².